The molecule has 1 aliphatic heterocycles. The molecular weight excluding hydrogens is 248 g/mol. The molecule has 0 radical (unpaired) electrons. The molecule has 0 aromatic heterocycles. The van der Waals surface area contributed by atoms with Crippen molar-refractivity contribution in [3.8, 4) is 0 Å². The zero-order chi connectivity index (χ0) is 13.8. The Bertz CT molecular complexity index is 405. The van der Waals surface area contributed by atoms with E-state index >= 15 is 0 Å². The van der Waals surface area contributed by atoms with Crippen molar-refractivity contribution in [2.75, 3.05) is 26.3 Å². The number of nitrogens with zero attached hydrogens (tertiary/aromatic N) is 1. The molecule has 3 rings (SSSR count). The van der Waals surface area contributed by atoms with Gasteiger partial charge >= 0.3 is 0 Å². The molecule has 2 fully saturated rings. The second kappa shape index (κ2) is 6.70. The van der Waals surface area contributed by atoms with Gasteiger partial charge in [0, 0.05) is 31.2 Å². The molecule has 1 N–H and O–H groups in total. The van der Waals surface area contributed by atoms with E-state index in [0.717, 1.165) is 38.8 Å². The molecule has 110 valence electrons. The quantitative estimate of drug-likeness (QED) is 0.863. The molecule has 1 heterocycles. The fraction of sp³-hybridized carbons (Fsp3) is 0.647. The number of rotatable bonds is 6. The number of morpholine rings is 1. The minimum atomic E-state index is 0.477. The summed E-state index contributed by atoms with van der Waals surface area (Å²) < 4.78 is 5.67. The predicted octanol–water partition coefficient (Wildman–Crippen LogP) is 2.59. The second-order valence-corrected chi connectivity index (χ2v) is 5.98. The average Bonchev–Trinajstić information content (AvgIpc) is 3.33. The van der Waals surface area contributed by atoms with E-state index in [-0.39, 0.29) is 0 Å². The van der Waals surface area contributed by atoms with E-state index in [2.05, 4.69) is 47.5 Å². The predicted molar refractivity (Wildman–Crippen MR) is 81.8 cm³/mol. The van der Waals surface area contributed by atoms with Crippen molar-refractivity contribution in [1.29, 1.82) is 0 Å². The Balaban J connectivity index is 1.75. The highest BCUT2D eigenvalue weighted by Gasteiger charge is 2.30. The number of benzene rings is 1. The zero-order valence-corrected chi connectivity index (χ0v) is 12.4. The van der Waals surface area contributed by atoms with Gasteiger partial charge in [0.25, 0.3) is 0 Å². The van der Waals surface area contributed by atoms with E-state index in [1.54, 1.807) is 0 Å². The van der Waals surface area contributed by atoms with E-state index < -0.39 is 0 Å². The molecule has 1 saturated heterocycles. The van der Waals surface area contributed by atoms with Crippen LogP contribution in [0.2, 0.25) is 0 Å². The van der Waals surface area contributed by atoms with E-state index in [9.17, 15) is 0 Å². The fourth-order valence-corrected chi connectivity index (χ4v) is 3.10. The summed E-state index contributed by atoms with van der Waals surface area (Å²) in [7, 11) is 0. The van der Waals surface area contributed by atoms with Crippen molar-refractivity contribution in [3.05, 3.63) is 35.9 Å². The summed E-state index contributed by atoms with van der Waals surface area (Å²) in [5.41, 5.74) is 1.43. The molecule has 0 spiro atoms. The van der Waals surface area contributed by atoms with Gasteiger partial charge in [0.15, 0.2) is 0 Å². The third-order valence-electron chi connectivity index (χ3n) is 4.51. The van der Waals surface area contributed by atoms with E-state index in [0.29, 0.717) is 12.1 Å². The van der Waals surface area contributed by atoms with Gasteiger partial charge in [-0.3, -0.25) is 4.90 Å². The summed E-state index contributed by atoms with van der Waals surface area (Å²) in [5.74, 6) is 0. The van der Waals surface area contributed by atoms with Crippen molar-refractivity contribution in [1.82, 2.24) is 10.2 Å². The maximum absolute atomic E-state index is 5.67. The van der Waals surface area contributed by atoms with Crippen LogP contribution >= 0.6 is 0 Å². The summed E-state index contributed by atoms with van der Waals surface area (Å²) in [6.45, 7) is 6.12. The molecule has 1 aliphatic carbocycles. The van der Waals surface area contributed by atoms with Gasteiger partial charge in [-0.25, -0.2) is 0 Å². The van der Waals surface area contributed by atoms with E-state index in [1.807, 2.05) is 0 Å². The molecule has 1 aromatic rings. The van der Waals surface area contributed by atoms with Gasteiger partial charge in [0.2, 0.25) is 0 Å². The summed E-state index contributed by atoms with van der Waals surface area (Å²) >= 11 is 0. The highest BCUT2D eigenvalue weighted by Crippen LogP contribution is 2.27. The molecule has 2 aliphatic rings. The molecule has 1 saturated carbocycles. The van der Waals surface area contributed by atoms with Crippen LogP contribution in [0.3, 0.4) is 0 Å². The molecule has 1 aromatic carbocycles. The normalized spacial score (nSPS) is 25.6. The van der Waals surface area contributed by atoms with Gasteiger partial charge in [0.05, 0.1) is 13.2 Å². The maximum Gasteiger partial charge on any atom is 0.0622 e. The molecule has 0 amide bonds. The van der Waals surface area contributed by atoms with Gasteiger partial charge < -0.3 is 10.1 Å². The first kappa shape index (κ1) is 14.1. The molecule has 0 bridgehead atoms. The SMILES string of the molecule is CCC1COCCN1C(CNC1CC1)c1ccccc1. The van der Waals surface area contributed by atoms with Crippen LogP contribution in [0.4, 0.5) is 0 Å². The summed E-state index contributed by atoms with van der Waals surface area (Å²) in [6, 6.07) is 12.7. The van der Waals surface area contributed by atoms with Gasteiger partial charge in [-0.1, -0.05) is 37.3 Å². The Morgan fingerprint density at radius 2 is 2.10 bits per heavy atom. The molecule has 3 nitrogen and oxygen atoms in total. The van der Waals surface area contributed by atoms with Crippen molar-refractivity contribution < 1.29 is 4.74 Å². The first-order valence-corrected chi connectivity index (χ1v) is 8.00. The van der Waals surface area contributed by atoms with Gasteiger partial charge in [-0.05, 0) is 24.8 Å². The monoisotopic (exact) mass is 274 g/mol. The molecule has 2 atom stereocenters. The summed E-state index contributed by atoms with van der Waals surface area (Å²) in [4.78, 5) is 2.65. The Morgan fingerprint density at radius 3 is 2.80 bits per heavy atom. The average molecular weight is 274 g/mol. The third-order valence-corrected chi connectivity index (χ3v) is 4.51. The first-order chi connectivity index (χ1) is 9.88. The van der Waals surface area contributed by atoms with Crippen LogP contribution in [0.5, 0.6) is 0 Å². The van der Waals surface area contributed by atoms with Crippen molar-refractivity contribution >= 4 is 0 Å². The van der Waals surface area contributed by atoms with Crippen molar-refractivity contribution in [3.63, 3.8) is 0 Å². The highest BCUT2D eigenvalue weighted by molar-refractivity contribution is 5.20. The van der Waals surface area contributed by atoms with Crippen LogP contribution in [0.25, 0.3) is 0 Å². The van der Waals surface area contributed by atoms with Gasteiger partial charge in [-0.15, -0.1) is 0 Å². The lowest BCUT2D eigenvalue weighted by atomic mass is 10.0. The fourth-order valence-electron chi connectivity index (χ4n) is 3.10. The van der Waals surface area contributed by atoms with Crippen molar-refractivity contribution in [2.45, 2.75) is 44.3 Å². The summed E-state index contributed by atoms with van der Waals surface area (Å²) in [5, 5.41) is 3.71. The van der Waals surface area contributed by atoms with Gasteiger partial charge in [-0.2, -0.15) is 0 Å². The Labute approximate surface area is 122 Å². The molecular formula is C17H26N2O. The topological polar surface area (TPSA) is 24.5 Å². The lowest BCUT2D eigenvalue weighted by molar-refractivity contribution is -0.0306. The lowest BCUT2D eigenvalue weighted by Gasteiger charge is -2.41. The number of ether oxygens (including phenoxy) is 1. The first-order valence-electron chi connectivity index (χ1n) is 8.00. The summed E-state index contributed by atoms with van der Waals surface area (Å²) in [6.07, 6.45) is 3.86. The third kappa shape index (κ3) is 3.40. The Morgan fingerprint density at radius 1 is 1.30 bits per heavy atom. The smallest absolute Gasteiger partial charge is 0.0622 e. The van der Waals surface area contributed by atoms with E-state index in [4.69, 9.17) is 4.74 Å². The Hall–Kier alpha value is -0.900. The maximum atomic E-state index is 5.67. The minimum Gasteiger partial charge on any atom is -0.378 e. The van der Waals surface area contributed by atoms with Crippen LogP contribution in [0.15, 0.2) is 30.3 Å². The van der Waals surface area contributed by atoms with Crippen LogP contribution in [-0.4, -0.2) is 43.3 Å². The highest BCUT2D eigenvalue weighted by atomic mass is 16.5. The molecule has 20 heavy (non-hydrogen) atoms. The van der Waals surface area contributed by atoms with Crippen LogP contribution in [0.1, 0.15) is 37.8 Å². The number of hydrogen-bond acceptors (Lipinski definition) is 3. The standard InChI is InChI=1S/C17H26N2O/c1-2-16-13-20-11-10-19(16)17(12-18-15-8-9-15)14-6-4-3-5-7-14/h3-7,15-18H,2,8-13H2,1H3. The number of nitrogens with one attached hydrogen (secondary N) is 1. The van der Waals surface area contributed by atoms with Crippen LogP contribution in [0, 0.1) is 0 Å². The minimum absolute atomic E-state index is 0.477. The zero-order valence-electron chi connectivity index (χ0n) is 12.4. The second-order valence-electron chi connectivity index (χ2n) is 5.98. The Kier molecular flexibility index (Phi) is 4.71. The van der Waals surface area contributed by atoms with Crippen LogP contribution in [-0.2, 0) is 4.74 Å². The van der Waals surface area contributed by atoms with Crippen molar-refractivity contribution in [2.24, 2.45) is 0 Å². The van der Waals surface area contributed by atoms with Crippen LogP contribution < -0.4 is 5.32 Å². The molecule has 2 unspecified atom stereocenters. The number of hydrogen-bond donors (Lipinski definition) is 1. The largest absolute Gasteiger partial charge is 0.378 e. The van der Waals surface area contributed by atoms with Gasteiger partial charge in [0.1, 0.15) is 0 Å². The molecule has 3 heteroatoms. The van der Waals surface area contributed by atoms with E-state index in [1.165, 1.54) is 18.4 Å². The lowest BCUT2D eigenvalue weighted by Crippen LogP contribution is -2.49.